The van der Waals surface area contributed by atoms with Gasteiger partial charge in [-0.05, 0) is 56.3 Å². The molecule has 1 atom stereocenters. The number of ether oxygens (including phenoxy) is 1. The van der Waals surface area contributed by atoms with Crippen LogP contribution in [0, 0.1) is 12.8 Å². The summed E-state index contributed by atoms with van der Waals surface area (Å²) in [4.78, 5) is 27.8. The number of thiophene rings is 1. The lowest BCUT2D eigenvalue weighted by atomic mass is 9.98. The number of carbonyl (C=O) groups excluding carboxylic acids is 1. The predicted octanol–water partition coefficient (Wildman–Crippen LogP) is 3.26. The van der Waals surface area contributed by atoms with Crippen molar-refractivity contribution in [1.82, 2.24) is 29.5 Å². The second-order valence-corrected chi connectivity index (χ2v) is 9.43. The van der Waals surface area contributed by atoms with Crippen LogP contribution in [0.15, 0.2) is 29.9 Å². The number of piperidine rings is 1. The highest BCUT2D eigenvalue weighted by molar-refractivity contribution is 7.13. The van der Waals surface area contributed by atoms with Crippen LogP contribution < -0.4 is 0 Å². The van der Waals surface area contributed by atoms with E-state index in [-0.39, 0.29) is 12.5 Å². The molecule has 0 unspecified atom stereocenters. The monoisotopic (exact) mass is 454 g/mol. The van der Waals surface area contributed by atoms with Crippen LogP contribution in [-0.4, -0.2) is 76.3 Å². The Bertz CT molecular complexity index is 1060. The number of methoxy groups -OCH3 is 1. The summed E-state index contributed by atoms with van der Waals surface area (Å²) in [7, 11) is 5.61. The predicted molar refractivity (Wildman–Crippen MR) is 125 cm³/mol. The van der Waals surface area contributed by atoms with Crippen molar-refractivity contribution in [2.24, 2.45) is 5.92 Å². The van der Waals surface area contributed by atoms with E-state index in [0.717, 1.165) is 42.2 Å². The summed E-state index contributed by atoms with van der Waals surface area (Å²) < 4.78 is 7.04. The molecule has 0 saturated carbocycles. The van der Waals surface area contributed by atoms with Crippen LogP contribution in [0.4, 0.5) is 0 Å². The third kappa shape index (κ3) is 4.74. The van der Waals surface area contributed by atoms with Crippen molar-refractivity contribution >= 4 is 17.2 Å². The van der Waals surface area contributed by atoms with E-state index in [1.165, 1.54) is 6.42 Å². The second-order valence-electron chi connectivity index (χ2n) is 8.48. The molecule has 4 rings (SSSR count). The van der Waals surface area contributed by atoms with Crippen LogP contribution >= 0.6 is 11.3 Å². The molecule has 1 fully saturated rings. The fraction of sp³-hybridized carbons (Fsp3) is 0.478. The Morgan fingerprint density at radius 3 is 2.94 bits per heavy atom. The summed E-state index contributed by atoms with van der Waals surface area (Å²) in [5.41, 5.74) is 3.05. The van der Waals surface area contributed by atoms with Gasteiger partial charge in [-0.25, -0.2) is 9.97 Å². The molecule has 0 radical (unpaired) electrons. The van der Waals surface area contributed by atoms with Gasteiger partial charge in [0.2, 0.25) is 0 Å². The number of aryl methyl sites for hydroxylation is 1. The van der Waals surface area contributed by atoms with Crippen LogP contribution in [-0.2, 0) is 11.3 Å². The van der Waals surface area contributed by atoms with Gasteiger partial charge in [0.15, 0.2) is 0 Å². The zero-order valence-electron chi connectivity index (χ0n) is 19.1. The van der Waals surface area contributed by atoms with E-state index < -0.39 is 0 Å². The van der Waals surface area contributed by atoms with E-state index in [4.69, 9.17) is 9.72 Å². The van der Waals surface area contributed by atoms with Crippen LogP contribution in [0.2, 0.25) is 0 Å². The number of nitrogens with zero attached hydrogens (tertiary/aromatic N) is 6. The number of hydrogen-bond donors (Lipinski definition) is 0. The quantitative estimate of drug-likeness (QED) is 0.545. The van der Waals surface area contributed by atoms with Crippen LogP contribution in [0.25, 0.3) is 16.5 Å². The third-order valence-corrected chi connectivity index (χ3v) is 6.76. The van der Waals surface area contributed by atoms with Crippen molar-refractivity contribution < 1.29 is 9.53 Å². The Morgan fingerprint density at radius 1 is 1.38 bits per heavy atom. The molecule has 8 nitrogen and oxygen atoms in total. The summed E-state index contributed by atoms with van der Waals surface area (Å²) in [6, 6.07) is 4.04. The first-order chi connectivity index (χ1) is 15.5. The van der Waals surface area contributed by atoms with Gasteiger partial charge in [0.05, 0.1) is 34.6 Å². The van der Waals surface area contributed by atoms with Gasteiger partial charge in [-0.3, -0.25) is 4.79 Å². The average molecular weight is 455 g/mol. The molecule has 170 valence electrons. The Balaban J connectivity index is 1.61. The average Bonchev–Trinajstić information content (AvgIpc) is 3.44. The van der Waals surface area contributed by atoms with E-state index >= 15 is 0 Å². The van der Waals surface area contributed by atoms with Gasteiger partial charge in [-0.1, -0.05) is 6.07 Å². The van der Waals surface area contributed by atoms with E-state index in [1.807, 2.05) is 31.5 Å². The highest BCUT2D eigenvalue weighted by Crippen LogP contribution is 2.27. The number of rotatable bonds is 7. The van der Waals surface area contributed by atoms with Gasteiger partial charge >= 0.3 is 0 Å². The van der Waals surface area contributed by atoms with Gasteiger partial charge in [-0.15, -0.1) is 11.3 Å². The summed E-state index contributed by atoms with van der Waals surface area (Å²) in [6.07, 6.45) is 5.72. The lowest BCUT2D eigenvalue weighted by Crippen LogP contribution is -2.40. The zero-order chi connectivity index (χ0) is 22.7. The van der Waals surface area contributed by atoms with E-state index in [0.29, 0.717) is 23.1 Å². The topological polar surface area (TPSA) is 76.4 Å². The van der Waals surface area contributed by atoms with Gasteiger partial charge in [0.1, 0.15) is 0 Å². The Labute approximate surface area is 192 Å². The highest BCUT2D eigenvalue weighted by Gasteiger charge is 2.26. The van der Waals surface area contributed by atoms with Crippen LogP contribution in [0.1, 0.15) is 34.5 Å². The van der Waals surface area contributed by atoms with Crippen molar-refractivity contribution in [2.75, 3.05) is 40.8 Å². The fourth-order valence-corrected chi connectivity index (χ4v) is 5.08. The molecule has 3 aromatic rings. The number of likely N-dealkylation sites (tertiary alicyclic amines) is 1. The first-order valence-electron chi connectivity index (χ1n) is 10.9. The molecule has 1 aliphatic heterocycles. The van der Waals surface area contributed by atoms with E-state index in [2.05, 4.69) is 22.0 Å². The summed E-state index contributed by atoms with van der Waals surface area (Å²) in [6.45, 7) is 5.11. The van der Waals surface area contributed by atoms with Crippen molar-refractivity contribution in [1.29, 1.82) is 0 Å². The lowest BCUT2D eigenvalue weighted by Gasteiger charge is -2.32. The standard InChI is InChI=1S/C23H30N6O2S/c1-16-11-24-23(26-21(16)20-8-6-10-32-20)29-19(15-31-4)18(12-25-29)22(30)28(3)14-17-7-5-9-27(2)13-17/h6,8,10-12,17H,5,7,9,13-15H2,1-4H3/t17-/m1/s1. The minimum atomic E-state index is -0.0536. The van der Waals surface area contributed by atoms with E-state index in [9.17, 15) is 4.79 Å². The van der Waals surface area contributed by atoms with Crippen molar-refractivity contribution in [3.8, 4) is 16.5 Å². The molecule has 0 aliphatic carbocycles. The molecule has 3 aromatic heterocycles. The minimum Gasteiger partial charge on any atom is -0.378 e. The molecule has 32 heavy (non-hydrogen) atoms. The van der Waals surface area contributed by atoms with E-state index in [1.54, 1.807) is 40.4 Å². The zero-order valence-corrected chi connectivity index (χ0v) is 19.9. The highest BCUT2D eigenvalue weighted by atomic mass is 32.1. The second kappa shape index (κ2) is 9.89. The third-order valence-electron chi connectivity index (χ3n) is 5.88. The molecule has 1 aliphatic rings. The lowest BCUT2D eigenvalue weighted by molar-refractivity contribution is 0.0736. The largest absolute Gasteiger partial charge is 0.378 e. The molecule has 0 spiro atoms. The molecule has 4 heterocycles. The molecule has 0 bridgehead atoms. The van der Waals surface area contributed by atoms with Crippen LogP contribution in [0.3, 0.4) is 0 Å². The number of aromatic nitrogens is 4. The number of amides is 1. The normalized spacial score (nSPS) is 16.9. The Hall–Kier alpha value is -2.62. The van der Waals surface area contributed by atoms with Gasteiger partial charge in [0.25, 0.3) is 11.9 Å². The van der Waals surface area contributed by atoms with Crippen LogP contribution in [0.5, 0.6) is 0 Å². The van der Waals surface area contributed by atoms with Crippen molar-refractivity contribution in [2.45, 2.75) is 26.4 Å². The SMILES string of the molecule is COCc1c(C(=O)N(C)C[C@@H]2CCCN(C)C2)cnn1-c1ncc(C)c(-c2cccs2)n1. The Kier molecular flexibility index (Phi) is 6.98. The smallest absolute Gasteiger partial charge is 0.257 e. The van der Waals surface area contributed by atoms with Gasteiger partial charge in [0, 0.05) is 33.4 Å². The fourth-order valence-electron chi connectivity index (χ4n) is 4.30. The van der Waals surface area contributed by atoms with Gasteiger partial charge in [-0.2, -0.15) is 9.78 Å². The first-order valence-corrected chi connectivity index (χ1v) is 11.7. The molecular formula is C23H30N6O2S. The first kappa shape index (κ1) is 22.6. The summed E-state index contributed by atoms with van der Waals surface area (Å²) in [5.74, 6) is 0.862. The molecule has 9 heteroatoms. The van der Waals surface area contributed by atoms with Crippen molar-refractivity contribution in [3.63, 3.8) is 0 Å². The van der Waals surface area contributed by atoms with Crippen molar-refractivity contribution in [3.05, 3.63) is 46.7 Å². The number of hydrogen-bond acceptors (Lipinski definition) is 7. The molecule has 0 aromatic carbocycles. The maximum atomic E-state index is 13.3. The minimum absolute atomic E-state index is 0.0536. The molecule has 0 N–H and O–H groups in total. The summed E-state index contributed by atoms with van der Waals surface area (Å²) >= 11 is 1.63. The maximum Gasteiger partial charge on any atom is 0.257 e. The molecule has 1 amide bonds. The Morgan fingerprint density at radius 2 is 2.22 bits per heavy atom. The maximum absolute atomic E-state index is 13.3. The summed E-state index contributed by atoms with van der Waals surface area (Å²) in [5, 5.41) is 6.50. The molecule has 1 saturated heterocycles. The number of carbonyl (C=O) groups is 1. The molecular weight excluding hydrogens is 424 g/mol. The van der Waals surface area contributed by atoms with Gasteiger partial charge < -0.3 is 14.5 Å².